The van der Waals surface area contributed by atoms with Gasteiger partial charge in [-0.15, -0.1) is 24.5 Å². The van der Waals surface area contributed by atoms with Crippen LogP contribution in [0.4, 0.5) is 13.2 Å². The minimum atomic E-state index is -4.82. The van der Waals surface area contributed by atoms with Gasteiger partial charge in [-0.3, -0.25) is 19.3 Å². The first-order valence-electron chi connectivity index (χ1n) is 11.0. The summed E-state index contributed by atoms with van der Waals surface area (Å²) in [5.41, 5.74) is 0.209. The number of aliphatic imine (C=N–C) groups is 2. The maximum Gasteiger partial charge on any atom is 0.573 e. The molecule has 1 fully saturated rings. The minimum Gasteiger partial charge on any atom is -0.405 e. The third kappa shape index (κ3) is 6.55. The zero-order valence-electron chi connectivity index (χ0n) is 18.9. The third-order valence-corrected chi connectivity index (χ3v) is 6.67. The quantitative estimate of drug-likeness (QED) is 0.564. The SMILES string of the molecule is O=C(NCc1ccccc1OC(F)(F)F)c1ccc(CN2CCN(C(=O)C3C=NC=NC3=O)CC2)s1. The summed E-state index contributed by atoms with van der Waals surface area (Å²) in [5, 5.41) is 2.63. The summed E-state index contributed by atoms with van der Waals surface area (Å²) in [6.07, 6.45) is -2.39. The van der Waals surface area contributed by atoms with Crippen LogP contribution in [0.15, 0.2) is 46.4 Å². The van der Waals surface area contributed by atoms with Gasteiger partial charge < -0.3 is 15.0 Å². The van der Waals surface area contributed by atoms with Gasteiger partial charge in [0, 0.05) is 55.9 Å². The fourth-order valence-electron chi connectivity index (χ4n) is 3.79. The molecule has 1 aromatic carbocycles. The zero-order valence-corrected chi connectivity index (χ0v) is 19.7. The number of rotatable bonds is 7. The van der Waals surface area contributed by atoms with E-state index in [4.69, 9.17) is 0 Å². The second-order valence-corrected chi connectivity index (χ2v) is 9.23. The minimum absolute atomic E-state index is 0.117. The summed E-state index contributed by atoms with van der Waals surface area (Å²) < 4.78 is 41.8. The largest absolute Gasteiger partial charge is 0.573 e. The highest BCUT2D eigenvalue weighted by Crippen LogP contribution is 2.26. The first-order valence-corrected chi connectivity index (χ1v) is 11.8. The molecule has 2 aliphatic heterocycles. The van der Waals surface area contributed by atoms with E-state index in [0.29, 0.717) is 37.6 Å². The average molecular weight is 522 g/mol. The number of halogens is 3. The van der Waals surface area contributed by atoms with Gasteiger partial charge in [-0.2, -0.15) is 0 Å². The fourth-order valence-corrected chi connectivity index (χ4v) is 4.76. The highest BCUT2D eigenvalue weighted by molar-refractivity contribution is 7.14. The summed E-state index contributed by atoms with van der Waals surface area (Å²) in [5.74, 6) is -2.55. The van der Waals surface area contributed by atoms with Gasteiger partial charge in [0.25, 0.3) is 11.8 Å². The van der Waals surface area contributed by atoms with Crippen molar-refractivity contribution in [2.24, 2.45) is 15.9 Å². The van der Waals surface area contributed by atoms with E-state index < -0.39 is 24.1 Å². The number of ether oxygens (including phenoxy) is 1. The molecule has 3 heterocycles. The third-order valence-electron chi connectivity index (χ3n) is 5.61. The summed E-state index contributed by atoms with van der Waals surface area (Å²) in [4.78, 5) is 49.4. The van der Waals surface area contributed by atoms with E-state index in [1.807, 2.05) is 6.07 Å². The van der Waals surface area contributed by atoms with E-state index in [-0.39, 0.29) is 23.8 Å². The Kier molecular flexibility index (Phi) is 7.79. The molecular weight excluding hydrogens is 499 g/mol. The smallest absolute Gasteiger partial charge is 0.405 e. The van der Waals surface area contributed by atoms with Crippen LogP contribution in [0.25, 0.3) is 0 Å². The Hall–Kier alpha value is -3.58. The highest BCUT2D eigenvalue weighted by atomic mass is 32.1. The molecule has 0 bridgehead atoms. The van der Waals surface area contributed by atoms with E-state index >= 15 is 0 Å². The molecule has 0 radical (unpaired) electrons. The van der Waals surface area contributed by atoms with Crippen LogP contribution in [0.1, 0.15) is 20.1 Å². The Balaban J connectivity index is 1.26. The Bertz CT molecular complexity index is 1190. The summed E-state index contributed by atoms with van der Waals surface area (Å²) in [6, 6.07) is 9.13. The number of alkyl halides is 3. The van der Waals surface area contributed by atoms with E-state index in [1.54, 1.807) is 17.0 Å². The monoisotopic (exact) mass is 521 g/mol. The number of thiophene rings is 1. The van der Waals surface area contributed by atoms with E-state index in [1.165, 1.54) is 35.8 Å². The number of carbonyl (C=O) groups is 3. The number of hydrogen-bond acceptors (Lipinski definition) is 7. The second kappa shape index (κ2) is 11.0. The van der Waals surface area contributed by atoms with Gasteiger partial charge in [-0.05, 0) is 18.2 Å². The number of nitrogens with one attached hydrogen (secondary N) is 1. The molecule has 190 valence electrons. The van der Waals surface area contributed by atoms with Gasteiger partial charge in [0.15, 0.2) is 5.92 Å². The van der Waals surface area contributed by atoms with Crippen molar-refractivity contribution in [2.45, 2.75) is 19.5 Å². The number of piperazine rings is 1. The lowest BCUT2D eigenvalue weighted by Crippen LogP contribution is -2.51. The van der Waals surface area contributed by atoms with Crippen molar-refractivity contribution in [1.82, 2.24) is 15.1 Å². The van der Waals surface area contributed by atoms with Crippen molar-refractivity contribution in [3.05, 3.63) is 51.7 Å². The molecule has 36 heavy (non-hydrogen) atoms. The summed E-state index contributed by atoms with van der Waals surface area (Å²) in [7, 11) is 0. The Morgan fingerprint density at radius 1 is 1.11 bits per heavy atom. The van der Waals surface area contributed by atoms with Gasteiger partial charge in [-0.25, -0.2) is 9.98 Å². The van der Waals surface area contributed by atoms with Gasteiger partial charge in [0.1, 0.15) is 12.1 Å². The van der Waals surface area contributed by atoms with Crippen molar-refractivity contribution in [3.63, 3.8) is 0 Å². The molecule has 13 heteroatoms. The van der Waals surface area contributed by atoms with Gasteiger partial charge in [0.2, 0.25) is 5.91 Å². The molecule has 1 N–H and O–H groups in total. The molecule has 3 amide bonds. The molecule has 0 aliphatic carbocycles. The van der Waals surface area contributed by atoms with Crippen LogP contribution < -0.4 is 10.1 Å². The number of amides is 3. The van der Waals surface area contributed by atoms with Gasteiger partial charge in [-0.1, -0.05) is 18.2 Å². The van der Waals surface area contributed by atoms with E-state index in [9.17, 15) is 27.6 Å². The second-order valence-electron chi connectivity index (χ2n) is 8.06. The fraction of sp³-hybridized carbons (Fsp3) is 0.348. The lowest BCUT2D eigenvalue weighted by atomic mass is 10.1. The summed E-state index contributed by atoms with van der Waals surface area (Å²) in [6.45, 7) is 2.58. The number of carbonyl (C=O) groups excluding carboxylic acids is 3. The van der Waals surface area contributed by atoms with Crippen LogP contribution in [0.5, 0.6) is 5.75 Å². The average Bonchev–Trinajstić information content (AvgIpc) is 3.31. The van der Waals surface area contributed by atoms with Crippen LogP contribution in [-0.4, -0.2) is 72.6 Å². The molecule has 9 nitrogen and oxygen atoms in total. The first-order chi connectivity index (χ1) is 17.2. The molecular formula is C23H22F3N5O4S. The van der Waals surface area contributed by atoms with Crippen molar-refractivity contribution in [1.29, 1.82) is 0 Å². The van der Waals surface area contributed by atoms with Crippen molar-refractivity contribution in [2.75, 3.05) is 26.2 Å². The number of benzene rings is 1. The lowest BCUT2D eigenvalue weighted by molar-refractivity contribution is -0.274. The highest BCUT2D eigenvalue weighted by Gasteiger charge is 2.33. The van der Waals surface area contributed by atoms with Crippen molar-refractivity contribution in [3.8, 4) is 5.75 Å². The molecule has 1 saturated heterocycles. The molecule has 2 aromatic rings. The number of hydrogen-bond donors (Lipinski definition) is 1. The van der Waals surface area contributed by atoms with Gasteiger partial charge >= 0.3 is 6.36 Å². The van der Waals surface area contributed by atoms with Crippen LogP contribution in [0, 0.1) is 5.92 Å². The number of para-hydroxylation sites is 1. The Morgan fingerprint density at radius 2 is 1.86 bits per heavy atom. The normalized spacial score (nSPS) is 18.4. The van der Waals surface area contributed by atoms with Crippen LogP contribution >= 0.6 is 11.3 Å². The molecule has 0 spiro atoms. The summed E-state index contributed by atoms with van der Waals surface area (Å²) >= 11 is 1.29. The van der Waals surface area contributed by atoms with E-state index in [0.717, 1.165) is 11.2 Å². The Labute approximate surface area is 208 Å². The van der Waals surface area contributed by atoms with Crippen molar-refractivity contribution < 1.29 is 32.3 Å². The standard InChI is InChI=1S/C23H22F3N5O4S/c24-23(25,26)35-18-4-2-1-3-15(18)11-28-21(33)19-6-5-16(36-19)13-30-7-9-31(10-8-30)22(34)17-12-27-14-29-20(17)32/h1-6,12,14,17H,7-11,13H2,(H,28,33). The number of nitrogens with zero attached hydrogens (tertiary/aromatic N) is 4. The topological polar surface area (TPSA) is 104 Å². The van der Waals surface area contributed by atoms with Crippen LogP contribution in [0.2, 0.25) is 0 Å². The van der Waals surface area contributed by atoms with Gasteiger partial charge in [0.05, 0.1) is 4.88 Å². The predicted molar refractivity (Wildman–Crippen MR) is 126 cm³/mol. The Morgan fingerprint density at radius 3 is 2.58 bits per heavy atom. The molecule has 4 rings (SSSR count). The van der Waals surface area contributed by atoms with E-state index in [2.05, 4.69) is 24.9 Å². The van der Waals surface area contributed by atoms with Crippen LogP contribution in [-0.2, 0) is 22.7 Å². The maximum atomic E-state index is 12.6. The predicted octanol–water partition coefficient (Wildman–Crippen LogP) is 2.48. The first kappa shape index (κ1) is 25.5. The molecule has 1 aromatic heterocycles. The maximum absolute atomic E-state index is 12.6. The molecule has 1 unspecified atom stereocenters. The van der Waals surface area contributed by atoms with Crippen LogP contribution in [0.3, 0.4) is 0 Å². The van der Waals surface area contributed by atoms with Crippen molar-refractivity contribution >= 4 is 41.6 Å². The molecule has 0 saturated carbocycles. The lowest BCUT2D eigenvalue weighted by Gasteiger charge is -2.35. The zero-order chi connectivity index (χ0) is 25.7. The molecule has 2 aliphatic rings. The molecule has 1 atom stereocenters.